The van der Waals surface area contributed by atoms with Gasteiger partial charge in [0, 0.05) is 19.1 Å². The van der Waals surface area contributed by atoms with Crippen molar-refractivity contribution in [2.24, 2.45) is 11.8 Å². The molecular weight excluding hydrogens is 394 g/mol. The lowest BCUT2D eigenvalue weighted by atomic mass is 9.96. The summed E-state index contributed by atoms with van der Waals surface area (Å²) in [6.45, 7) is 8.69. The summed E-state index contributed by atoms with van der Waals surface area (Å²) in [5.41, 5.74) is 1.15. The molecule has 2 aliphatic rings. The van der Waals surface area contributed by atoms with E-state index in [2.05, 4.69) is 57.9 Å². The monoisotopic (exact) mass is 427 g/mol. The average molecular weight is 428 g/mol. The third-order valence-corrected chi connectivity index (χ3v) is 7.04. The zero-order chi connectivity index (χ0) is 21.1. The van der Waals surface area contributed by atoms with Crippen molar-refractivity contribution in [3.05, 3.63) is 35.9 Å². The molecule has 0 spiro atoms. The summed E-state index contributed by atoms with van der Waals surface area (Å²) in [7, 11) is 0. The van der Waals surface area contributed by atoms with Crippen molar-refractivity contribution in [2.45, 2.75) is 63.7 Å². The van der Waals surface area contributed by atoms with Gasteiger partial charge in [-0.1, -0.05) is 62.9 Å². The number of rotatable bonds is 8. The average Bonchev–Trinajstić information content (AvgIpc) is 3.50. The first-order chi connectivity index (χ1) is 14.5. The zero-order valence-corrected chi connectivity index (χ0v) is 19.1. The summed E-state index contributed by atoms with van der Waals surface area (Å²) >= 11 is 1.51. The lowest BCUT2D eigenvalue weighted by Gasteiger charge is -2.31. The highest BCUT2D eigenvalue weighted by molar-refractivity contribution is 7.99. The molecular formula is C23H33N5OS. The van der Waals surface area contributed by atoms with Gasteiger partial charge >= 0.3 is 0 Å². The molecule has 1 aromatic carbocycles. The number of nitrogens with one attached hydrogen (secondary N) is 1. The molecule has 1 aromatic heterocycles. The van der Waals surface area contributed by atoms with Gasteiger partial charge in [0.05, 0.1) is 11.8 Å². The fourth-order valence-corrected chi connectivity index (χ4v) is 4.90. The quantitative estimate of drug-likeness (QED) is 0.631. The summed E-state index contributed by atoms with van der Waals surface area (Å²) in [6, 6.07) is 10.7. The molecule has 162 valence electrons. The van der Waals surface area contributed by atoms with Crippen molar-refractivity contribution < 1.29 is 4.79 Å². The Hall–Kier alpha value is -2.02. The molecule has 2 fully saturated rings. The van der Waals surface area contributed by atoms with Gasteiger partial charge in [0.25, 0.3) is 0 Å². The van der Waals surface area contributed by atoms with Crippen LogP contribution in [-0.2, 0) is 4.79 Å². The summed E-state index contributed by atoms with van der Waals surface area (Å²) in [4.78, 5) is 15.1. The van der Waals surface area contributed by atoms with E-state index in [9.17, 15) is 4.79 Å². The largest absolute Gasteiger partial charge is 0.348 e. The van der Waals surface area contributed by atoms with Crippen molar-refractivity contribution in [3.8, 4) is 0 Å². The minimum absolute atomic E-state index is 0.0199. The number of piperidine rings is 1. The van der Waals surface area contributed by atoms with Gasteiger partial charge in [0.15, 0.2) is 5.16 Å². The van der Waals surface area contributed by atoms with Crippen molar-refractivity contribution in [1.82, 2.24) is 20.1 Å². The first-order valence-corrected chi connectivity index (χ1v) is 12.2. The number of hydrogen-bond donors (Lipinski definition) is 1. The van der Waals surface area contributed by atoms with Crippen LogP contribution in [0.3, 0.4) is 0 Å². The maximum Gasteiger partial charge on any atom is 0.230 e. The summed E-state index contributed by atoms with van der Waals surface area (Å²) in [5, 5.41) is 13.1. The van der Waals surface area contributed by atoms with E-state index in [0.717, 1.165) is 35.7 Å². The Labute approximate surface area is 183 Å². The summed E-state index contributed by atoms with van der Waals surface area (Å²) < 4.78 is 2.28. The number of thioether (sulfide) groups is 1. The molecule has 6 nitrogen and oxygen atoms in total. The summed E-state index contributed by atoms with van der Waals surface area (Å²) in [5.74, 6) is 2.51. The molecule has 1 aliphatic carbocycles. The molecule has 30 heavy (non-hydrogen) atoms. The van der Waals surface area contributed by atoms with Crippen LogP contribution >= 0.6 is 11.8 Å². The maximum absolute atomic E-state index is 12.7. The predicted octanol–water partition coefficient (Wildman–Crippen LogP) is 4.45. The highest BCUT2D eigenvalue weighted by Gasteiger charge is 2.32. The van der Waals surface area contributed by atoms with Crippen molar-refractivity contribution >= 4 is 23.6 Å². The molecule has 4 rings (SSSR count). The van der Waals surface area contributed by atoms with E-state index in [-0.39, 0.29) is 11.9 Å². The van der Waals surface area contributed by atoms with Crippen LogP contribution in [0.2, 0.25) is 0 Å². The Kier molecular flexibility index (Phi) is 6.66. The molecule has 0 radical (unpaired) electrons. The third kappa shape index (κ3) is 4.99. The Balaban J connectivity index is 1.40. The number of nitrogens with zero attached hydrogens (tertiary/aromatic N) is 4. The van der Waals surface area contributed by atoms with Crippen LogP contribution < -0.4 is 10.2 Å². The van der Waals surface area contributed by atoms with E-state index in [4.69, 9.17) is 0 Å². The second-order valence-electron chi connectivity index (χ2n) is 9.04. The summed E-state index contributed by atoms with van der Waals surface area (Å²) in [6.07, 6.45) is 4.77. The minimum atomic E-state index is 0.0199. The normalized spacial score (nSPS) is 18.6. The van der Waals surface area contributed by atoms with E-state index >= 15 is 0 Å². The Morgan fingerprint density at radius 3 is 2.47 bits per heavy atom. The number of hydrogen-bond acceptors (Lipinski definition) is 5. The van der Waals surface area contributed by atoms with Gasteiger partial charge in [-0.25, -0.2) is 0 Å². The smallest absolute Gasteiger partial charge is 0.230 e. The van der Waals surface area contributed by atoms with Crippen LogP contribution in [0.25, 0.3) is 0 Å². The van der Waals surface area contributed by atoms with Crippen LogP contribution in [0.1, 0.15) is 64.1 Å². The van der Waals surface area contributed by atoms with Gasteiger partial charge < -0.3 is 10.2 Å². The fraction of sp³-hybridized carbons (Fsp3) is 0.609. The molecule has 2 aromatic rings. The highest BCUT2D eigenvalue weighted by atomic mass is 32.2. The fourth-order valence-electron chi connectivity index (χ4n) is 4.08. The van der Waals surface area contributed by atoms with Crippen LogP contribution in [0, 0.1) is 11.8 Å². The number of anilines is 1. The topological polar surface area (TPSA) is 63.1 Å². The number of carbonyl (C=O) groups is 1. The Morgan fingerprint density at radius 2 is 1.83 bits per heavy atom. The van der Waals surface area contributed by atoms with Crippen LogP contribution in [0.15, 0.2) is 35.5 Å². The van der Waals surface area contributed by atoms with Gasteiger partial charge in [0.2, 0.25) is 11.9 Å². The first kappa shape index (κ1) is 21.2. The Bertz CT molecular complexity index is 841. The molecule has 7 heteroatoms. The number of aromatic nitrogens is 3. The van der Waals surface area contributed by atoms with Gasteiger partial charge in [-0.3, -0.25) is 9.36 Å². The standard InChI is InChI=1S/C23H33N5OS/c1-16(2)21(18-7-5-4-6-8-18)24-20(29)15-30-23-26-25-22(28(23)19-9-10-19)27-13-11-17(3)12-14-27/h4-8,16-17,19,21H,9-15H2,1-3H3,(H,24,29). The SMILES string of the molecule is CC1CCN(c2nnc(SCC(=O)NC(c3ccccc3)C(C)C)n2C2CC2)CC1. The van der Waals surface area contributed by atoms with Gasteiger partial charge in [0.1, 0.15) is 0 Å². The molecule has 1 N–H and O–H groups in total. The van der Waals surface area contributed by atoms with Crippen LogP contribution in [0.4, 0.5) is 5.95 Å². The van der Waals surface area contributed by atoms with Crippen LogP contribution in [0.5, 0.6) is 0 Å². The van der Waals surface area contributed by atoms with Crippen molar-refractivity contribution in [3.63, 3.8) is 0 Å². The molecule has 1 unspecified atom stereocenters. The Morgan fingerprint density at radius 1 is 1.13 bits per heavy atom. The van der Waals surface area contributed by atoms with E-state index < -0.39 is 0 Å². The van der Waals surface area contributed by atoms with E-state index in [1.54, 1.807) is 0 Å². The second kappa shape index (κ2) is 9.41. The zero-order valence-electron chi connectivity index (χ0n) is 18.3. The van der Waals surface area contributed by atoms with E-state index in [1.807, 2.05) is 18.2 Å². The van der Waals surface area contributed by atoms with Gasteiger partial charge in [-0.2, -0.15) is 0 Å². The predicted molar refractivity (Wildman–Crippen MR) is 122 cm³/mol. The first-order valence-electron chi connectivity index (χ1n) is 11.2. The van der Waals surface area contributed by atoms with Crippen molar-refractivity contribution in [2.75, 3.05) is 23.7 Å². The van der Waals surface area contributed by atoms with Crippen LogP contribution in [-0.4, -0.2) is 39.5 Å². The van der Waals surface area contributed by atoms with E-state index in [1.165, 1.54) is 37.4 Å². The van der Waals surface area contributed by atoms with Crippen molar-refractivity contribution in [1.29, 1.82) is 0 Å². The number of amides is 1. The van der Waals surface area contributed by atoms with Gasteiger partial charge in [-0.15, -0.1) is 10.2 Å². The number of benzene rings is 1. The number of carbonyl (C=O) groups excluding carboxylic acids is 1. The minimum Gasteiger partial charge on any atom is -0.348 e. The maximum atomic E-state index is 12.7. The molecule has 1 atom stereocenters. The highest BCUT2D eigenvalue weighted by Crippen LogP contribution is 2.41. The van der Waals surface area contributed by atoms with E-state index in [0.29, 0.717) is 17.7 Å². The second-order valence-corrected chi connectivity index (χ2v) is 9.98. The molecule has 0 bridgehead atoms. The molecule has 2 heterocycles. The third-order valence-electron chi connectivity index (χ3n) is 6.10. The molecule has 1 amide bonds. The lowest BCUT2D eigenvalue weighted by Crippen LogP contribution is -2.35. The molecule has 1 saturated carbocycles. The molecule has 1 saturated heterocycles. The van der Waals surface area contributed by atoms with Gasteiger partial charge in [-0.05, 0) is 43.1 Å². The lowest BCUT2D eigenvalue weighted by molar-refractivity contribution is -0.119. The molecule has 1 aliphatic heterocycles.